The number of aryl methyl sites for hydroxylation is 1. The highest BCUT2D eigenvalue weighted by Gasteiger charge is 2.24. The van der Waals surface area contributed by atoms with Gasteiger partial charge in [-0.25, -0.2) is 9.97 Å². The third kappa shape index (κ3) is 3.98. The Morgan fingerprint density at radius 3 is 2.48 bits per heavy atom. The summed E-state index contributed by atoms with van der Waals surface area (Å²) in [5, 5.41) is 7.75. The Hall–Kier alpha value is -2.02. The first-order chi connectivity index (χ1) is 12.3. The molecule has 0 amide bonds. The van der Waals surface area contributed by atoms with Crippen LogP contribution in [0.4, 0.5) is 5.69 Å². The number of piperidine rings is 1. The minimum atomic E-state index is 0.444. The van der Waals surface area contributed by atoms with Crippen molar-refractivity contribution in [2.45, 2.75) is 64.0 Å². The zero-order chi connectivity index (χ0) is 17.1. The Kier molecular flexibility index (Phi) is 4.92. The van der Waals surface area contributed by atoms with Gasteiger partial charge in [-0.3, -0.25) is 0 Å². The number of nitrogens with one attached hydrogen (secondary N) is 1. The van der Waals surface area contributed by atoms with Crippen LogP contribution in [0.3, 0.4) is 0 Å². The maximum absolute atomic E-state index is 4.99. The maximum atomic E-state index is 4.99. The first kappa shape index (κ1) is 16.4. The summed E-state index contributed by atoms with van der Waals surface area (Å²) in [7, 11) is 0. The second kappa shape index (κ2) is 7.47. The first-order valence-electron chi connectivity index (χ1n) is 9.41. The molecule has 1 atom stereocenters. The lowest BCUT2D eigenvalue weighted by atomic mass is 9.93. The van der Waals surface area contributed by atoms with Gasteiger partial charge in [-0.2, -0.15) is 4.98 Å². The average molecular weight is 342 g/mol. The van der Waals surface area contributed by atoms with Gasteiger partial charge in [-0.1, -0.05) is 24.4 Å². The second-order valence-electron chi connectivity index (χ2n) is 7.19. The van der Waals surface area contributed by atoms with E-state index in [0.717, 1.165) is 18.8 Å². The third-order valence-corrected chi connectivity index (χ3v) is 5.23. The quantitative estimate of drug-likeness (QED) is 0.915. The van der Waals surface area contributed by atoms with E-state index in [-0.39, 0.29) is 0 Å². The van der Waals surface area contributed by atoms with Crippen molar-refractivity contribution in [2.75, 3.05) is 18.0 Å². The van der Waals surface area contributed by atoms with E-state index in [9.17, 15) is 0 Å². The molecule has 1 saturated heterocycles. The lowest BCUT2D eigenvalue weighted by molar-refractivity contribution is 0.312. The molecule has 0 radical (unpaired) electrons. The molecule has 1 aliphatic carbocycles. The fourth-order valence-electron chi connectivity index (χ4n) is 3.94. The van der Waals surface area contributed by atoms with Crippen LogP contribution in [0.1, 0.15) is 50.8 Å². The zero-order valence-corrected chi connectivity index (χ0v) is 14.8. The predicted molar refractivity (Wildman–Crippen MR) is 95.3 cm³/mol. The Bertz CT molecular complexity index is 679. The highest BCUT2D eigenvalue weighted by Crippen LogP contribution is 2.23. The number of anilines is 1. The number of hydrogen-bond acceptors (Lipinski definition) is 7. The molecule has 7 nitrogen and oxygen atoms in total. The normalized spacial score (nSPS) is 22.3. The largest absolute Gasteiger partial charge is 0.367 e. The van der Waals surface area contributed by atoms with Crippen LogP contribution in [0.5, 0.6) is 0 Å². The van der Waals surface area contributed by atoms with E-state index in [2.05, 4.69) is 30.3 Å². The summed E-state index contributed by atoms with van der Waals surface area (Å²) in [6, 6.07) is 1.27. The SMILES string of the molecule is Cc1nc(-c2ncc(N3CCC[C@H](NC4CCCCC4)C3)cn2)no1. The third-order valence-electron chi connectivity index (χ3n) is 5.23. The summed E-state index contributed by atoms with van der Waals surface area (Å²) in [5.41, 5.74) is 1.07. The van der Waals surface area contributed by atoms with Crippen molar-refractivity contribution in [1.82, 2.24) is 25.4 Å². The number of aromatic nitrogens is 4. The van der Waals surface area contributed by atoms with Gasteiger partial charge in [0.2, 0.25) is 17.5 Å². The summed E-state index contributed by atoms with van der Waals surface area (Å²) < 4.78 is 4.99. The van der Waals surface area contributed by atoms with Crippen LogP contribution in [0, 0.1) is 6.92 Å². The van der Waals surface area contributed by atoms with Crippen molar-refractivity contribution < 1.29 is 4.52 Å². The molecule has 4 rings (SSSR count). The van der Waals surface area contributed by atoms with Gasteiger partial charge in [-0.15, -0.1) is 0 Å². The summed E-state index contributed by atoms with van der Waals surface area (Å²) in [5.74, 6) is 1.48. The van der Waals surface area contributed by atoms with E-state index >= 15 is 0 Å². The Labute approximate surface area is 148 Å². The van der Waals surface area contributed by atoms with Gasteiger partial charge in [-0.05, 0) is 25.7 Å². The molecule has 0 bridgehead atoms. The van der Waals surface area contributed by atoms with Gasteiger partial charge < -0.3 is 14.7 Å². The Balaban J connectivity index is 1.39. The van der Waals surface area contributed by atoms with Crippen LogP contribution in [-0.2, 0) is 0 Å². The minimum absolute atomic E-state index is 0.444. The van der Waals surface area contributed by atoms with E-state index in [1.165, 1.54) is 44.9 Å². The van der Waals surface area contributed by atoms with Gasteiger partial charge >= 0.3 is 0 Å². The summed E-state index contributed by atoms with van der Waals surface area (Å²) in [6.45, 7) is 3.85. The monoisotopic (exact) mass is 342 g/mol. The van der Waals surface area contributed by atoms with Gasteiger partial charge in [0.25, 0.3) is 0 Å². The highest BCUT2D eigenvalue weighted by atomic mass is 16.5. The molecule has 2 aliphatic rings. The molecule has 2 aromatic rings. The van der Waals surface area contributed by atoms with Crippen LogP contribution in [0.15, 0.2) is 16.9 Å². The van der Waals surface area contributed by atoms with Crippen molar-refractivity contribution >= 4 is 5.69 Å². The molecule has 0 spiro atoms. The molecule has 1 saturated carbocycles. The maximum Gasteiger partial charge on any atom is 0.240 e. The molecule has 0 unspecified atom stereocenters. The fourth-order valence-corrected chi connectivity index (χ4v) is 3.94. The van der Waals surface area contributed by atoms with Crippen molar-refractivity contribution in [3.8, 4) is 11.6 Å². The van der Waals surface area contributed by atoms with E-state index in [4.69, 9.17) is 4.52 Å². The van der Waals surface area contributed by atoms with E-state index in [0.29, 0.717) is 29.6 Å². The molecule has 25 heavy (non-hydrogen) atoms. The average Bonchev–Trinajstić information content (AvgIpc) is 3.09. The molecule has 1 N–H and O–H groups in total. The van der Waals surface area contributed by atoms with Crippen molar-refractivity contribution in [1.29, 1.82) is 0 Å². The van der Waals surface area contributed by atoms with Gasteiger partial charge in [0.15, 0.2) is 0 Å². The summed E-state index contributed by atoms with van der Waals surface area (Å²) >= 11 is 0. The summed E-state index contributed by atoms with van der Waals surface area (Å²) in [4.78, 5) is 15.4. The van der Waals surface area contributed by atoms with Gasteiger partial charge in [0.1, 0.15) is 0 Å². The molecule has 0 aromatic carbocycles. The molecule has 1 aliphatic heterocycles. The zero-order valence-electron chi connectivity index (χ0n) is 14.8. The number of hydrogen-bond donors (Lipinski definition) is 1. The van der Waals surface area contributed by atoms with E-state index in [1.807, 2.05) is 12.4 Å². The molecule has 2 aromatic heterocycles. The lowest BCUT2D eigenvalue weighted by Crippen LogP contribution is -2.49. The minimum Gasteiger partial charge on any atom is -0.367 e. The lowest BCUT2D eigenvalue weighted by Gasteiger charge is -2.37. The van der Waals surface area contributed by atoms with Gasteiger partial charge in [0, 0.05) is 32.1 Å². The standard InChI is InChI=1S/C18H26N6O/c1-13-21-18(23-25-13)17-19-10-16(11-20-17)24-9-5-8-15(12-24)22-14-6-3-2-4-7-14/h10-11,14-15,22H,2-9,12H2,1H3/t15-/m0/s1. The molecule has 2 fully saturated rings. The Morgan fingerprint density at radius 2 is 1.76 bits per heavy atom. The van der Waals surface area contributed by atoms with E-state index in [1.54, 1.807) is 6.92 Å². The highest BCUT2D eigenvalue weighted by molar-refractivity contribution is 5.48. The fraction of sp³-hybridized carbons (Fsp3) is 0.667. The number of rotatable bonds is 4. The van der Waals surface area contributed by atoms with Crippen molar-refractivity contribution in [2.24, 2.45) is 0 Å². The van der Waals surface area contributed by atoms with E-state index < -0.39 is 0 Å². The molecule has 3 heterocycles. The number of nitrogens with zero attached hydrogens (tertiary/aromatic N) is 5. The van der Waals surface area contributed by atoms with Crippen LogP contribution in [0.25, 0.3) is 11.6 Å². The predicted octanol–water partition coefficient (Wildman–Crippen LogP) is 2.73. The van der Waals surface area contributed by atoms with Crippen LogP contribution < -0.4 is 10.2 Å². The first-order valence-corrected chi connectivity index (χ1v) is 9.41. The van der Waals surface area contributed by atoms with Crippen LogP contribution in [-0.4, -0.2) is 45.3 Å². The second-order valence-corrected chi connectivity index (χ2v) is 7.19. The molecular formula is C18H26N6O. The van der Waals surface area contributed by atoms with Crippen molar-refractivity contribution in [3.63, 3.8) is 0 Å². The van der Waals surface area contributed by atoms with Crippen molar-refractivity contribution in [3.05, 3.63) is 18.3 Å². The molecular weight excluding hydrogens is 316 g/mol. The van der Waals surface area contributed by atoms with Crippen LogP contribution >= 0.6 is 0 Å². The topological polar surface area (TPSA) is 80.0 Å². The molecule has 134 valence electrons. The summed E-state index contributed by atoms with van der Waals surface area (Å²) in [6.07, 6.45) is 13.0. The molecule has 7 heteroatoms. The Morgan fingerprint density at radius 1 is 1.00 bits per heavy atom. The van der Waals surface area contributed by atoms with Gasteiger partial charge in [0.05, 0.1) is 18.1 Å². The van der Waals surface area contributed by atoms with Crippen LogP contribution in [0.2, 0.25) is 0 Å². The smallest absolute Gasteiger partial charge is 0.240 e.